The average molecular weight is 287 g/mol. The molecular weight excluding hydrogens is 270 g/mol. The number of aromatic nitrogens is 1. The molecule has 0 spiro atoms. The molecule has 0 bridgehead atoms. The van der Waals surface area contributed by atoms with E-state index in [1.54, 1.807) is 24.0 Å². The lowest BCUT2D eigenvalue weighted by atomic mass is 9.97. The van der Waals surface area contributed by atoms with Crippen LogP contribution in [0.4, 0.5) is 0 Å². The molecule has 0 aliphatic carbocycles. The number of pyridine rings is 1. The van der Waals surface area contributed by atoms with E-state index in [9.17, 15) is 9.59 Å². The first-order valence-corrected chi connectivity index (χ1v) is 6.97. The van der Waals surface area contributed by atoms with Gasteiger partial charge in [0, 0.05) is 19.3 Å². The summed E-state index contributed by atoms with van der Waals surface area (Å²) in [6, 6.07) is 5.09. The maximum Gasteiger partial charge on any atom is 0.309 e. The Kier molecular flexibility index (Phi) is 4.88. The highest BCUT2D eigenvalue weighted by atomic mass is 16.5. The van der Waals surface area contributed by atoms with Gasteiger partial charge in [-0.2, -0.15) is 5.26 Å². The number of amides is 1. The predicted molar refractivity (Wildman–Crippen MR) is 74.2 cm³/mol. The number of ether oxygens (including phenoxy) is 1. The van der Waals surface area contributed by atoms with Crippen molar-refractivity contribution in [1.82, 2.24) is 9.88 Å². The molecule has 0 atom stereocenters. The van der Waals surface area contributed by atoms with E-state index in [1.807, 2.05) is 6.07 Å². The zero-order valence-corrected chi connectivity index (χ0v) is 11.9. The average Bonchev–Trinajstić information content (AvgIpc) is 2.54. The summed E-state index contributed by atoms with van der Waals surface area (Å²) in [5.74, 6) is -0.467. The molecule has 1 aromatic heterocycles. The van der Waals surface area contributed by atoms with Crippen LogP contribution in [0.5, 0.6) is 0 Å². The first-order valence-electron chi connectivity index (χ1n) is 6.97. The van der Waals surface area contributed by atoms with E-state index in [-0.39, 0.29) is 17.8 Å². The van der Waals surface area contributed by atoms with Crippen LogP contribution in [0.2, 0.25) is 0 Å². The van der Waals surface area contributed by atoms with E-state index in [2.05, 4.69) is 4.98 Å². The summed E-state index contributed by atoms with van der Waals surface area (Å²) in [6.45, 7) is 3.20. The zero-order chi connectivity index (χ0) is 15.2. The van der Waals surface area contributed by atoms with Crippen molar-refractivity contribution in [1.29, 1.82) is 5.26 Å². The van der Waals surface area contributed by atoms with Crippen molar-refractivity contribution in [2.45, 2.75) is 19.8 Å². The molecule has 1 fully saturated rings. The van der Waals surface area contributed by atoms with Crippen LogP contribution in [-0.2, 0) is 9.53 Å². The second-order valence-electron chi connectivity index (χ2n) is 4.86. The summed E-state index contributed by atoms with van der Waals surface area (Å²) >= 11 is 0. The van der Waals surface area contributed by atoms with Gasteiger partial charge >= 0.3 is 5.97 Å². The minimum absolute atomic E-state index is 0.122. The quantitative estimate of drug-likeness (QED) is 0.784. The fraction of sp³-hybridized carbons (Fsp3) is 0.467. The largest absolute Gasteiger partial charge is 0.466 e. The van der Waals surface area contributed by atoms with Crippen molar-refractivity contribution >= 4 is 11.9 Å². The Hall–Kier alpha value is -2.42. The fourth-order valence-electron chi connectivity index (χ4n) is 2.33. The third-order valence-electron chi connectivity index (χ3n) is 3.51. The van der Waals surface area contributed by atoms with Gasteiger partial charge in [0.25, 0.3) is 5.91 Å². The summed E-state index contributed by atoms with van der Waals surface area (Å²) < 4.78 is 5.00. The second kappa shape index (κ2) is 6.84. The van der Waals surface area contributed by atoms with Crippen LogP contribution in [0.15, 0.2) is 18.3 Å². The number of carbonyl (C=O) groups is 2. The highest BCUT2D eigenvalue weighted by molar-refractivity contribution is 5.92. The molecule has 2 rings (SSSR count). The summed E-state index contributed by atoms with van der Waals surface area (Å²) in [5.41, 5.74) is 0.746. The Morgan fingerprint density at radius 2 is 2.14 bits per heavy atom. The fourth-order valence-corrected chi connectivity index (χ4v) is 2.33. The van der Waals surface area contributed by atoms with Crippen LogP contribution < -0.4 is 0 Å². The smallest absolute Gasteiger partial charge is 0.309 e. The molecule has 1 aliphatic rings. The van der Waals surface area contributed by atoms with Gasteiger partial charge in [0.15, 0.2) is 0 Å². The standard InChI is InChI=1S/C15H17N3O3/c1-2-21-15(20)12-5-7-18(8-6-12)14(19)13-4-3-11(9-16)10-17-13/h3-4,10,12H,2,5-8H2,1H3. The van der Waals surface area contributed by atoms with Crippen LogP contribution in [0, 0.1) is 17.2 Å². The van der Waals surface area contributed by atoms with Crippen LogP contribution >= 0.6 is 0 Å². The van der Waals surface area contributed by atoms with Crippen molar-refractivity contribution < 1.29 is 14.3 Å². The van der Waals surface area contributed by atoms with Crippen molar-refractivity contribution in [3.8, 4) is 6.07 Å². The highest BCUT2D eigenvalue weighted by Crippen LogP contribution is 2.20. The van der Waals surface area contributed by atoms with Crippen molar-refractivity contribution in [3.05, 3.63) is 29.6 Å². The molecule has 1 amide bonds. The third-order valence-corrected chi connectivity index (χ3v) is 3.51. The summed E-state index contributed by atoms with van der Waals surface area (Å²) in [7, 11) is 0. The predicted octanol–water partition coefficient (Wildman–Crippen LogP) is 1.37. The highest BCUT2D eigenvalue weighted by Gasteiger charge is 2.28. The zero-order valence-electron chi connectivity index (χ0n) is 11.9. The SMILES string of the molecule is CCOC(=O)C1CCN(C(=O)c2ccc(C#N)cn2)CC1. The number of nitrogens with zero attached hydrogens (tertiary/aromatic N) is 3. The molecule has 1 saturated heterocycles. The van der Waals surface area contributed by atoms with Gasteiger partial charge in [0.1, 0.15) is 11.8 Å². The van der Waals surface area contributed by atoms with E-state index in [1.165, 1.54) is 6.20 Å². The minimum Gasteiger partial charge on any atom is -0.466 e. The number of nitriles is 1. The molecule has 6 heteroatoms. The van der Waals surface area contributed by atoms with E-state index in [0.717, 1.165) is 0 Å². The van der Waals surface area contributed by atoms with E-state index < -0.39 is 0 Å². The number of hydrogen-bond donors (Lipinski definition) is 0. The van der Waals surface area contributed by atoms with Crippen LogP contribution in [0.25, 0.3) is 0 Å². The number of likely N-dealkylation sites (tertiary alicyclic amines) is 1. The van der Waals surface area contributed by atoms with Gasteiger partial charge < -0.3 is 9.64 Å². The van der Waals surface area contributed by atoms with Gasteiger partial charge in [-0.05, 0) is 31.9 Å². The molecule has 6 nitrogen and oxygen atoms in total. The van der Waals surface area contributed by atoms with Gasteiger partial charge in [-0.3, -0.25) is 9.59 Å². The first-order chi connectivity index (χ1) is 10.2. The normalized spacial score (nSPS) is 15.3. The van der Waals surface area contributed by atoms with Gasteiger partial charge in [-0.25, -0.2) is 4.98 Å². The molecule has 21 heavy (non-hydrogen) atoms. The molecule has 0 saturated carbocycles. The van der Waals surface area contributed by atoms with Crippen LogP contribution in [0.1, 0.15) is 35.8 Å². The Balaban J connectivity index is 1.93. The molecule has 0 N–H and O–H groups in total. The minimum atomic E-state index is -0.180. The monoisotopic (exact) mass is 287 g/mol. The third kappa shape index (κ3) is 3.57. The Bertz CT molecular complexity index is 555. The van der Waals surface area contributed by atoms with Gasteiger partial charge in [-0.15, -0.1) is 0 Å². The van der Waals surface area contributed by atoms with Crippen molar-refractivity contribution in [2.75, 3.05) is 19.7 Å². The van der Waals surface area contributed by atoms with Crippen LogP contribution in [-0.4, -0.2) is 41.5 Å². The number of esters is 1. The summed E-state index contributed by atoms with van der Waals surface area (Å²) in [6.07, 6.45) is 2.61. The second-order valence-corrected chi connectivity index (χ2v) is 4.86. The van der Waals surface area contributed by atoms with E-state index in [4.69, 9.17) is 10.00 Å². The summed E-state index contributed by atoms with van der Waals surface area (Å²) in [5, 5.41) is 8.71. The lowest BCUT2D eigenvalue weighted by Crippen LogP contribution is -2.41. The first kappa shape index (κ1) is 15.0. The van der Waals surface area contributed by atoms with Crippen LogP contribution in [0.3, 0.4) is 0 Å². The number of piperidine rings is 1. The molecular formula is C15H17N3O3. The topological polar surface area (TPSA) is 83.3 Å². The van der Waals surface area contributed by atoms with E-state index in [0.29, 0.717) is 43.8 Å². The Labute approximate surface area is 123 Å². The lowest BCUT2D eigenvalue weighted by Gasteiger charge is -2.30. The molecule has 2 heterocycles. The number of hydrogen-bond acceptors (Lipinski definition) is 5. The molecule has 1 aromatic rings. The van der Waals surface area contributed by atoms with E-state index >= 15 is 0 Å². The Morgan fingerprint density at radius 3 is 2.67 bits per heavy atom. The number of rotatable bonds is 3. The molecule has 0 radical (unpaired) electrons. The maximum absolute atomic E-state index is 12.3. The summed E-state index contributed by atoms with van der Waals surface area (Å²) in [4.78, 5) is 29.6. The molecule has 0 aromatic carbocycles. The lowest BCUT2D eigenvalue weighted by molar-refractivity contribution is -0.149. The Morgan fingerprint density at radius 1 is 1.43 bits per heavy atom. The maximum atomic E-state index is 12.3. The van der Waals surface area contributed by atoms with Gasteiger partial charge in [0.2, 0.25) is 0 Å². The van der Waals surface area contributed by atoms with Gasteiger partial charge in [-0.1, -0.05) is 0 Å². The molecule has 1 aliphatic heterocycles. The molecule has 110 valence electrons. The van der Waals surface area contributed by atoms with Crippen molar-refractivity contribution in [3.63, 3.8) is 0 Å². The van der Waals surface area contributed by atoms with Crippen molar-refractivity contribution in [2.24, 2.45) is 5.92 Å². The van der Waals surface area contributed by atoms with Gasteiger partial charge in [0.05, 0.1) is 18.1 Å². The molecule has 0 unspecified atom stereocenters. The number of carbonyl (C=O) groups excluding carboxylic acids is 2.